The van der Waals surface area contributed by atoms with Gasteiger partial charge < -0.3 is 10.5 Å². The maximum Gasteiger partial charge on any atom is 0.252 e. The molecule has 0 aromatic heterocycles. The van der Waals surface area contributed by atoms with E-state index in [1.54, 1.807) is 0 Å². The van der Waals surface area contributed by atoms with Crippen molar-refractivity contribution in [3.63, 3.8) is 0 Å². The summed E-state index contributed by atoms with van der Waals surface area (Å²) in [5.41, 5.74) is 4.89. The molecule has 0 aliphatic carbocycles. The summed E-state index contributed by atoms with van der Waals surface area (Å²) in [5.74, 6) is -0.740. The van der Waals surface area contributed by atoms with Gasteiger partial charge in [0.05, 0.1) is 5.03 Å². The Hall–Kier alpha value is 0.0400. The van der Waals surface area contributed by atoms with E-state index in [9.17, 15) is 4.79 Å². The van der Waals surface area contributed by atoms with Gasteiger partial charge >= 0.3 is 0 Å². The van der Waals surface area contributed by atoms with Crippen molar-refractivity contribution in [1.82, 2.24) is 0 Å². The molecule has 0 aromatic carbocycles. The summed E-state index contributed by atoms with van der Waals surface area (Å²) in [7, 11) is 1.27. The number of amides is 1. The van der Waals surface area contributed by atoms with Crippen LogP contribution in [0.25, 0.3) is 0 Å². The second-order valence-electron chi connectivity index (χ2n) is 1.63. The van der Waals surface area contributed by atoms with Gasteiger partial charge in [-0.05, 0) is 0 Å². The summed E-state index contributed by atoms with van der Waals surface area (Å²) in [6.07, 6.45) is -1.07. The summed E-state index contributed by atoms with van der Waals surface area (Å²) < 4.78 is 4.38. The van der Waals surface area contributed by atoms with Crippen molar-refractivity contribution >= 4 is 40.7 Å². The smallest absolute Gasteiger partial charge is 0.252 e. The van der Waals surface area contributed by atoms with Crippen LogP contribution in [-0.4, -0.2) is 19.1 Å². The first-order chi connectivity index (χ1) is 5.00. The molecule has 0 rings (SSSR count). The minimum absolute atomic E-state index is 0.108. The van der Waals surface area contributed by atoms with E-state index in [-0.39, 0.29) is 9.52 Å². The van der Waals surface area contributed by atoms with Crippen LogP contribution in [0.15, 0.2) is 9.52 Å². The number of carbonyl (C=O) groups excluding carboxylic acids is 1. The van der Waals surface area contributed by atoms with Gasteiger partial charge in [0.1, 0.15) is 4.49 Å². The minimum atomic E-state index is -1.07. The van der Waals surface area contributed by atoms with Gasteiger partial charge in [-0.3, -0.25) is 4.79 Å². The molecule has 0 aromatic rings. The van der Waals surface area contributed by atoms with Crippen LogP contribution in [0.4, 0.5) is 0 Å². The second kappa shape index (κ2) is 4.83. The first-order valence-electron chi connectivity index (χ1n) is 2.53. The highest BCUT2D eigenvalue weighted by molar-refractivity contribution is 6.59. The van der Waals surface area contributed by atoms with E-state index in [0.29, 0.717) is 0 Å². The van der Waals surface area contributed by atoms with Crippen LogP contribution in [0.1, 0.15) is 0 Å². The molecule has 0 bridgehead atoms. The molecule has 2 N–H and O–H groups in total. The largest absolute Gasteiger partial charge is 0.367 e. The molecule has 1 unspecified atom stereocenters. The van der Waals surface area contributed by atoms with Crippen molar-refractivity contribution in [3.8, 4) is 0 Å². The number of ether oxygens (including phenoxy) is 1. The predicted molar refractivity (Wildman–Crippen MR) is 44.6 cm³/mol. The van der Waals surface area contributed by atoms with Crippen LogP contribution >= 0.6 is 34.8 Å². The molecular weight excluding hydrogens is 212 g/mol. The lowest BCUT2D eigenvalue weighted by molar-refractivity contribution is -0.125. The number of methoxy groups -OCH3 is 1. The number of hydrogen-bond acceptors (Lipinski definition) is 2. The molecule has 3 nitrogen and oxygen atoms in total. The lowest BCUT2D eigenvalue weighted by Gasteiger charge is -2.09. The van der Waals surface area contributed by atoms with Gasteiger partial charge in [0, 0.05) is 7.11 Å². The van der Waals surface area contributed by atoms with E-state index >= 15 is 0 Å². The Morgan fingerprint density at radius 2 is 1.91 bits per heavy atom. The van der Waals surface area contributed by atoms with Crippen molar-refractivity contribution in [2.24, 2.45) is 5.73 Å². The van der Waals surface area contributed by atoms with Crippen molar-refractivity contribution < 1.29 is 9.53 Å². The quantitative estimate of drug-likeness (QED) is 0.778. The van der Waals surface area contributed by atoms with Gasteiger partial charge in [-0.1, -0.05) is 34.8 Å². The van der Waals surface area contributed by atoms with Crippen LogP contribution < -0.4 is 5.73 Å². The average Bonchev–Trinajstić information content (AvgIpc) is 1.88. The number of halogens is 3. The number of rotatable bonds is 3. The molecule has 1 amide bonds. The third-order valence-corrected chi connectivity index (χ3v) is 1.89. The average molecular weight is 218 g/mol. The maximum absolute atomic E-state index is 10.5. The Morgan fingerprint density at radius 3 is 2.00 bits per heavy atom. The lowest BCUT2D eigenvalue weighted by atomic mass is 10.3. The van der Waals surface area contributed by atoms with Gasteiger partial charge in [0.15, 0.2) is 6.10 Å². The van der Waals surface area contributed by atoms with Crippen LogP contribution in [0.2, 0.25) is 0 Å². The molecule has 64 valence electrons. The zero-order chi connectivity index (χ0) is 9.02. The van der Waals surface area contributed by atoms with Crippen molar-refractivity contribution in [1.29, 1.82) is 0 Å². The zero-order valence-electron chi connectivity index (χ0n) is 5.61. The third kappa shape index (κ3) is 3.29. The monoisotopic (exact) mass is 217 g/mol. The molecule has 0 spiro atoms. The first kappa shape index (κ1) is 11.0. The Morgan fingerprint density at radius 1 is 1.45 bits per heavy atom. The third-order valence-electron chi connectivity index (χ3n) is 0.905. The van der Waals surface area contributed by atoms with Gasteiger partial charge in [0.2, 0.25) is 0 Å². The van der Waals surface area contributed by atoms with Crippen LogP contribution in [0.5, 0.6) is 0 Å². The van der Waals surface area contributed by atoms with Gasteiger partial charge in [-0.15, -0.1) is 0 Å². The van der Waals surface area contributed by atoms with Crippen molar-refractivity contribution in [2.45, 2.75) is 6.10 Å². The van der Waals surface area contributed by atoms with Crippen LogP contribution in [-0.2, 0) is 9.53 Å². The maximum atomic E-state index is 10.5. The molecule has 0 aliphatic heterocycles. The van der Waals surface area contributed by atoms with E-state index in [0.717, 1.165) is 0 Å². The Balaban J connectivity index is 4.52. The highest BCUT2D eigenvalue weighted by Gasteiger charge is 2.20. The summed E-state index contributed by atoms with van der Waals surface area (Å²) >= 11 is 16.0. The number of carbonyl (C=O) groups is 1. The first-order valence-corrected chi connectivity index (χ1v) is 3.66. The molecule has 6 heteroatoms. The Labute approximate surface area is 79.0 Å². The summed E-state index contributed by atoms with van der Waals surface area (Å²) in [6.45, 7) is 0. The fourth-order valence-electron chi connectivity index (χ4n) is 0.444. The van der Waals surface area contributed by atoms with Crippen molar-refractivity contribution in [3.05, 3.63) is 9.52 Å². The predicted octanol–water partition coefficient (Wildman–Crippen LogP) is 1.37. The lowest BCUT2D eigenvalue weighted by Crippen LogP contribution is -2.30. The fourth-order valence-corrected chi connectivity index (χ4v) is 0.838. The molecule has 0 aliphatic rings. The molecule has 0 saturated heterocycles. The standard InChI is InChI=1S/C5H6Cl3NO2/c1-11-3(5(9)10)2(6)4(7)8/h3H,1H3,(H2,9,10). The number of hydrogen-bond donors (Lipinski definition) is 1. The Kier molecular flexibility index (Phi) is 4.84. The molecule has 0 fully saturated rings. The summed E-state index contributed by atoms with van der Waals surface area (Å²) in [6, 6.07) is 0. The van der Waals surface area contributed by atoms with Crippen molar-refractivity contribution in [2.75, 3.05) is 7.11 Å². The minimum Gasteiger partial charge on any atom is -0.367 e. The summed E-state index contributed by atoms with van der Waals surface area (Å²) in [4.78, 5) is 10.5. The number of primary amides is 1. The Bertz CT molecular complexity index is 188. The van der Waals surface area contributed by atoms with E-state index in [2.05, 4.69) is 4.74 Å². The van der Waals surface area contributed by atoms with E-state index in [1.165, 1.54) is 7.11 Å². The zero-order valence-corrected chi connectivity index (χ0v) is 7.87. The topological polar surface area (TPSA) is 52.3 Å². The van der Waals surface area contributed by atoms with E-state index in [4.69, 9.17) is 40.5 Å². The molecule has 0 heterocycles. The molecule has 0 saturated carbocycles. The number of nitrogens with two attached hydrogens (primary N) is 1. The SMILES string of the molecule is COC(C(N)=O)C(Cl)=C(Cl)Cl. The summed E-state index contributed by atoms with van der Waals surface area (Å²) in [5, 5.41) is -0.108. The van der Waals surface area contributed by atoms with E-state index in [1.807, 2.05) is 0 Å². The normalized spacial score (nSPS) is 12.4. The highest BCUT2D eigenvalue weighted by Crippen LogP contribution is 2.22. The van der Waals surface area contributed by atoms with Gasteiger partial charge in [-0.25, -0.2) is 0 Å². The molecule has 11 heavy (non-hydrogen) atoms. The van der Waals surface area contributed by atoms with Crippen LogP contribution in [0.3, 0.4) is 0 Å². The van der Waals surface area contributed by atoms with Crippen LogP contribution in [0, 0.1) is 0 Å². The second-order valence-corrected chi connectivity index (χ2v) is 2.98. The molecule has 1 atom stereocenters. The van der Waals surface area contributed by atoms with Gasteiger partial charge in [-0.2, -0.15) is 0 Å². The van der Waals surface area contributed by atoms with Gasteiger partial charge in [0.25, 0.3) is 5.91 Å². The highest BCUT2D eigenvalue weighted by atomic mass is 35.5. The van der Waals surface area contributed by atoms with E-state index < -0.39 is 12.0 Å². The molecule has 0 radical (unpaired) electrons. The molecular formula is C5H6Cl3NO2. The fraction of sp³-hybridized carbons (Fsp3) is 0.400.